The Hall–Kier alpha value is -3.67. The molecule has 0 saturated heterocycles. The highest BCUT2D eigenvalue weighted by Gasteiger charge is 2.03. The molecule has 6 nitrogen and oxygen atoms in total. The molecule has 154 valence electrons. The number of aromatic nitrogens is 1. The number of pyridine rings is 1. The molecule has 0 unspecified atom stereocenters. The van der Waals surface area contributed by atoms with E-state index < -0.39 is 0 Å². The average Bonchev–Trinajstić information content (AvgIpc) is 2.76. The minimum absolute atomic E-state index is 0.287. The van der Waals surface area contributed by atoms with E-state index in [-0.39, 0.29) is 5.91 Å². The van der Waals surface area contributed by atoms with Crippen LogP contribution in [-0.2, 0) is 0 Å². The topological polar surface area (TPSA) is 72.8 Å². The van der Waals surface area contributed by atoms with Crippen LogP contribution in [0.4, 0.5) is 0 Å². The molecule has 1 aromatic heterocycles. The number of nitrogens with zero attached hydrogens (tertiary/aromatic N) is 2. The number of carbonyl (C=O) groups is 1. The zero-order chi connectivity index (χ0) is 21.2. The smallest absolute Gasteiger partial charge is 0.271 e. The van der Waals surface area contributed by atoms with Crippen molar-refractivity contribution in [3.8, 4) is 11.5 Å². The predicted octanol–water partition coefficient (Wildman–Crippen LogP) is 4.31. The Bertz CT molecular complexity index is 1000. The number of hydrogen-bond donors (Lipinski definition) is 1. The fourth-order valence-electron chi connectivity index (χ4n) is 2.81. The molecule has 1 N–H and O–H groups in total. The summed E-state index contributed by atoms with van der Waals surface area (Å²) in [6.07, 6.45) is 5.47. The standard InChI is InChI=1S/C24H25N3O3/c1-18-7-8-23(19(2)15-18)30-14-4-13-29-22-6-3-5-20(16-22)17-26-27-24(28)21-9-11-25-12-10-21/h3,5-12,15-17H,4,13-14H2,1-2H3,(H,27,28). The van der Waals surface area contributed by atoms with E-state index in [0.717, 1.165) is 29.0 Å². The van der Waals surface area contributed by atoms with Crippen LogP contribution in [0.15, 0.2) is 72.1 Å². The largest absolute Gasteiger partial charge is 0.493 e. The molecule has 0 saturated carbocycles. The number of hydrazone groups is 1. The maximum Gasteiger partial charge on any atom is 0.271 e. The van der Waals surface area contributed by atoms with E-state index in [1.165, 1.54) is 5.56 Å². The molecule has 6 heteroatoms. The molecule has 30 heavy (non-hydrogen) atoms. The summed E-state index contributed by atoms with van der Waals surface area (Å²) in [7, 11) is 0. The molecule has 0 fully saturated rings. The number of benzene rings is 2. The number of rotatable bonds is 9. The van der Waals surface area contributed by atoms with Crippen LogP contribution in [0.3, 0.4) is 0 Å². The number of carbonyl (C=O) groups excluding carboxylic acids is 1. The third-order valence-electron chi connectivity index (χ3n) is 4.33. The van der Waals surface area contributed by atoms with Gasteiger partial charge >= 0.3 is 0 Å². The van der Waals surface area contributed by atoms with Crippen LogP contribution >= 0.6 is 0 Å². The molecule has 0 radical (unpaired) electrons. The lowest BCUT2D eigenvalue weighted by atomic mass is 10.1. The number of aryl methyl sites for hydroxylation is 2. The maximum atomic E-state index is 12.0. The van der Waals surface area contributed by atoms with Crippen LogP contribution < -0.4 is 14.9 Å². The van der Waals surface area contributed by atoms with E-state index in [4.69, 9.17) is 9.47 Å². The predicted molar refractivity (Wildman–Crippen MR) is 117 cm³/mol. The first kappa shape index (κ1) is 21.0. The normalized spacial score (nSPS) is 10.7. The highest BCUT2D eigenvalue weighted by Crippen LogP contribution is 2.19. The zero-order valence-corrected chi connectivity index (χ0v) is 17.2. The quantitative estimate of drug-likeness (QED) is 0.328. The Labute approximate surface area is 176 Å². The molecule has 2 aromatic carbocycles. The molecule has 0 bridgehead atoms. The van der Waals surface area contributed by atoms with Crippen molar-refractivity contribution in [2.24, 2.45) is 5.10 Å². The molecule has 0 atom stereocenters. The van der Waals surface area contributed by atoms with Gasteiger partial charge in [0.05, 0.1) is 19.4 Å². The van der Waals surface area contributed by atoms with Crippen molar-refractivity contribution in [3.63, 3.8) is 0 Å². The Morgan fingerprint density at radius 1 is 1.03 bits per heavy atom. The van der Waals surface area contributed by atoms with Crippen molar-refractivity contribution in [1.29, 1.82) is 0 Å². The van der Waals surface area contributed by atoms with Gasteiger partial charge in [-0.3, -0.25) is 9.78 Å². The van der Waals surface area contributed by atoms with Crippen LogP contribution in [-0.4, -0.2) is 30.3 Å². The monoisotopic (exact) mass is 403 g/mol. The molecule has 3 aromatic rings. The number of ether oxygens (including phenoxy) is 2. The summed E-state index contributed by atoms with van der Waals surface area (Å²) in [4.78, 5) is 15.8. The Balaban J connectivity index is 1.42. The van der Waals surface area contributed by atoms with Crippen LogP contribution in [0.2, 0.25) is 0 Å². The Morgan fingerprint density at radius 2 is 1.83 bits per heavy atom. The van der Waals surface area contributed by atoms with Crippen LogP contribution in [0.25, 0.3) is 0 Å². The Kier molecular flexibility index (Phi) is 7.55. The number of amides is 1. The van der Waals surface area contributed by atoms with Gasteiger partial charge in [-0.15, -0.1) is 0 Å². The summed E-state index contributed by atoms with van der Waals surface area (Å²) in [5.41, 5.74) is 6.19. The molecule has 0 aliphatic carbocycles. The van der Waals surface area contributed by atoms with E-state index in [2.05, 4.69) is 28.5 Å². The molecule has 1 amide bonds. The van der Waals surface area contributed by atoms with Crippen LogP contribution in [0.1, 0.15) is 33.5 Å². The number of hydrogen-bond acceptors (Lipinski definition) is 5. The maximum absolute atomic E-state index is 12.0. The molecular weight excluding hydrogens is 378 g/mol. The van der Waals surface area contributed by atoms with Gasteiger partial charge in [0.15, 0.2) is 0 Å². The molecule has 0 aliphatic heterocycles. The third kappa shape index (κ3) is 6.44. The lowest BCUT2D eigenvalue weighted by Crippen LogP contribution is -2.17. The van der Waals surface area contributed by atoms with Gasteiger partial charge in [0.1, 0.15) is 11.5 Å². The summed E-state index contributed by atoms with van der Waals surface area (Å²) in [5.74, 6) is 1.36. The van der Waals surface area contributed by atoms with Gasteiger partial charge in [-0.1, -0.05) is 29.8 Å². The zero-order valence-electron chi connectivity index (χ0n) is 17.2. The fourth-order valence-corrected chi connectivity index (χ4v) is 2.81. The second-order valence-electron chi connectivity index (χ2n) is 6.83. The summed E-state index contributed by atoms with van der Waals surface area (Å²) >= 11 is 0. The van der Waals surface area contributed by atoms with Crippen molar-refractivity contribution < 1.29 is 14.3 Å². The van der Waals surface area contributed by atoms with Gasteiger partial charge < -0.3 is 9.47 Å². The molecular formula is C24H25N3O3. The van der Waals surface area contributed by atoms with Gasteiger partial charge in [0.25, 0.3) is 5.91 Å². The lowest BCUT2D eigenvalue weighted by Gasteiger charge is -2.10. The fraction of sp³-hybridized carbons (Fsp3) is 0.208. The third-order valence-corrected chi connectivity index (χ3v) is 4.33. The number of nitrogens with one attached hydrogen (secondary N) is 1. The van der Waals surface area contributed by atoms with E-state index in [1.807, 2.05) is 43.3 Å². The van der Waals surface area contributed by atoms with E-state index in [1.54, 1.807) is 30.7 Å². The van der Waals surface area contributed by atoms with Gasteiger partial charge in [0, 0.05) is 24.4 Å². The van der Waals surface area contributed by atoms with Crippen LogP contribution in [0.5, 0.6) is 11.5 Å². The van der Waals surface area contributed by atoms with Crippen molar-refractivity contribution >= 4 is 12.1 Å². The van der Waals surface area contributed by atoms with Gasteiger partial charge in [-0.25, -0.2) is 5.43 Å². The van der Waals surface area contributed by atoms with Gasteiger partial charge in [-0.05, 0) is 55.3 Å². The molecule has 3 rings (SSSR count). The second kappa shape index (κ2) is 10.8. The first-order valence-corrected chi connectivity index (χ1v) is 9.78. The van der Waals surface area contributed by atoms with Crippen molar-refractivity contribution in [1.82, 2.24) is 10.4 Å². The van der Waals surface area contributed by atoms with Gasteiger partial charge in [0.2, 0.25) is 0 Å². The van der Waals surface area contributed by atoms with E-state index in [9.17, 15) is 4.79 Å². The molecule has 0 aliphatic rings. The van der Waals surface area contributed by atoms with Crippen molar-refractivity contribution in [2.75, 3.05) is 13.2 Å². The summed E-state index contributed by atoms with van der Waals surface area (Å²) in [6, 6.07) is 16.9. The van der Waals surface area contributed by atoms with Gasteiger partial charge in [-0.2, -0.15) is 5.10 Å². The molecule has 1 heterocycles. The summed E-state index contributed by atoms with van der Waals surface area (Å²) < 4.78 is 11.6. The van der Waals surface area contributed by atoms with Crippen molar-refractivity contribution in [3.05, 3.63) is 89.2 Å². The average molecular weight is 403 g/mol. The summed E-state index contributed by atoms with van der Waals surface area (Å²) in [5, 5.41) is 4.00. The minimum Gasteiger partial charge on any atom is -0.493 e. The molecule has 0 spiro atoms. The highest BCUT2D eigenvalue weighted by molar-refractivity contribution is 5.94. The highest BCUT2D eigenvalue weighted by atomic mass is 16.5. The lowest BCUT2D eigenvalue weighted by molar-refractivity contribution is 0.0955. The first-order valence-electron chi connectivity index (χ1n) is 9.78. The SMILES string of the molecule is Cc1ccc(OCCCOc2cccc(C=NNC(=O)c3ccncc3)c2)c(C)c1. The van der Waals surface area contributed by atoms with Crippen molar-refractivity contribution in [2.45, 2.75) is 20.3 Å². The van der Waals surface area contributed by atoms with E-state index >= 15 is 0 Å². The Morgan fingerprint density at radius 3 is 2.63 bits per heavy atom. The first-order chi connectivity index (χ1) is 14.6. The van der Waals surface area contributed by atoms with E-state index in [0.29, 0.717) is 18.8 Å². The van der Waals surface area contributed by atoms with Crippen LogP contribution in [0, 0.1) is 13.8 Å². The second-order valence-corrected chi connectivity index (χ2v) is 6.83. The minimum atomic E-state index is -0.287. The summed E-state index contributed by atoms with van der Waals surface area (Å²) in [6.45, 7) is 5.25.